The molecule has 0 bridgehead atoms. The number of halogens is 1. The number of hydrogen-bond acceptors (Lipinski definition) is 3. The zero-order valence-electron chi connectivity index (χ0n) is 9.28. The summed E-state index contributed by atoms with van der Waals surface area (Å²) in [5.74, 6) is 0. The van der Waals surface area contributed by atoms with Gasteiger partial charge in [0.1, 0.15) is 0 Å². The van der Waals surface area contributed by atoms with Crippen LogP contribution in [0.4, 0.5) is 0 Å². The van der Waals surface area contributed by atoms with Crippen LogP contribution < -0.4 is 11.1 Å². The molecule has 1 atom stereocenters. The van der Waals surface area contributed by atoms with Gasteiger partial charge in [0.15, 0.2) is 0 Å². The molecule has 2 aliphatic rings. The van der Waals surface area contributed by atoms with E-state index in [0.29, 0.717) is 5.41 Å². The molecule has 3 nitrogen and oxygen atoms in total. The van der Waals surface area contributed by atoms with Gasteiger partial charge in [0.2, 0.25) is 0 Å². The Morgan fingerprint density at radius 1 is 1.38 bits per heavy atom. The smallest absolute Gasteiger partial charge is 0.0457 e. The van der Waals surface area contributed by atoms with Crippen LogP contribution in [0.15, 0.2) is 18.3 Å². The molecule has 3 rings (SSSR count). The average molecular weight is 240 g/mol. The lowest BCUT2D eigenvalue weighted by Gasteiger charge is -2.37. The highest BCUT2D eigenvalue weighted by atomic mass is 35.5. The monoisotopic (exact) mass is 239 g/mol. The molecule has 1 aromatic heterocycles. The normalized spacial score (nSPS) is 26.2. The maximum absolute atomic E-state index is 6.39. The molecule has 1 aromatic rings. The van der Waals surface area contributed by atoms with Crippen molar-refractivity contribution in [2.45, 2.75) is 25.3 Å². The summed E-state index contributed by atoms with van der Waals surface area (Å²) >= 11 is 0. The number of nitrogens with zero attached hydrogens (tertiary/aromatic N) is 1. The minimum atomic E-state index is 0. The van der Waals surface area contributed by atoms with Crippen molar-refractivity contribution in [1.29, 1.82) is 0 Å². The Morgan fingerprint density at radius 3 is 2.81 bits per heavy atom. The molecule has 4 heteroatoms. The fourth-order valence-corrected chi connectivity index (χ4v) is 3.07. The number of rotatable bonds is 0. The molecule has 1 spiro atoms. The Kier molecular flexibility index (Phi) is 3.19. The summed E-state index contributed by atoms with van der Waals surface area (Å²) in [6.45, 7) is 2.20. The summed E-state index contributed by atoms with van der Waals surface area (Å²) < 4.78 is 0. The largest absolute Gasteiger partial charge is 0.323 e. The van der Waals surface area contributed by atoms with E-state index in [1.54, 1.807) is 0 Å². The number of fused-ring (bicyclic) bond motifs is 1. The minimum absolute atomic E-state index is 0. The van der Waals surface area contributed by atoms with Crippen LogP contribution in [0.2, 0.25) is 0 Å². The topological polar surface area (TPSA) is 50.9 Å². The Labute approximate surface area is 102 Å². The predicted molar refractivity (Wildman–Crippen MR) is 66.7 cm³/mol. The quantitative estimate of drug-likeness (QED) is 0.720. The van der Waals surface area contributed by atoms with Crippen molar-refractivity contribution in [2.75, 3.05) is 13.1 Å². The Bertz CT molecular complexity index is 374. The number of piperidine rings is 1. The number of hydrogen-bond donors (Lipinski definition) is 2. The molecule has 0 saturated carbocycles. The lowest BCUT2D eigenvalue weighted by atomic mass is 9.74. The van der Waals surface area contributed by atoms with Crippen LogP contribution in [0.25, 0.3) is 0 Å². The van der Waals surface area contributed by atoms with Crippen LogP contribution in [-0.2, 0) is 6.42 Å². The highest BCUT2D eigenvalue weighted by Gasteiger charge is 2.45. The van der Waals surface area contributed by atoms with Crippen molar-refractivity contribution in [3.63, 3.8) is 0 Å². The third kappa shape index (κ3) is 1.63. The van der Waals surface area contributed by atoms with Crippen molar-refractivity contribution >= 4 is 12.4 Å². The van der Waals surface area contributed by atoms with Gasteiger partial charge < -0.3 is 11.1 Å². The third-order valence-electron chi connectivity index (χ3n) is 4.04. The second-order valence-electron chi connectivity index (χ2n) is 4.81. The van der Waals surface area contributed by atoms with Gasteiger partial charge >= 0.3 is 0 Å². The van der Waals surface area contributed by atoms with Crippen molar-refractivity contribution in [3.8, 4) is 0 Å². The van der Waals surface area contributed by atoms with E-state index in [0.717, 1.165) is 19.5 Å². The van der Waals surface area contributed by atoms with Crippen molar-refractivity contribution in [1.82, 2.24) is 10.3 Å². The summed E-state index contributed by atoms with van der Waals surface area (Å²) in [4.78, 5) is 4.46. The zero-order chi connectivity index (χ0) is 10.3. The molecule has 0 radical (unpaired) electrons. The number of pyridine rings is 1. The number of aromatic nitrogens is 1. The van der Waals surface area contributed by atoms with Gasteiger partial charge in [0.05, 0.1) is 0 Å². The van der Waals surface area contributed by atoms with Gasteiger partial charge in [-0.05, 0) is 49.4 Å². The van der Waals surface area contributed by atoms with E-state index >= 15 is 0 Å². The Morgan fingerprint density at radius 2 is 2.12 bits per heavy atom. The van der Waals surface area contributed by atoms with Crippen LogP contribution >= 0.6 is 12.4 Å². The summed E-state index contributed by atoms with van der Waals surface area (Å²) in [6, 6.07) is 4.34. The van der Waals surface area contributed by atoms with Gasteiger partial charge in [-0.25, -0.2) is 0 Å². The molecular weight excluding hydrogens is 222 g/mol. The molecule has 1 aliphatic heterocycles. The summed E-state index contributed by atoms with van der Waals surface area (Å²) in [7, 11) is 0. The van der Waals surface area contributed by atoms with Crippen LogP contribution in [0.3, 0.4) is 0 Å². The third-order valence-corrected chi connectivity index (χ3v) is 4.04. The maximum atomic E-state index is 6.39. The van der Waals surface area contributed by atoms with Gasteiger partial charge in [-0.3, -0.25) is 4.98 Å². The van der Waals surface area contributed by atoms with Crippen LogP contribution in [0.1, 0.15) is 30.1 Å². The molecule has 88 valence electrons. The average Bonchev–Trinajstić information content (AvgIpc) is 2.54. The zero-order valence-corrected chi connectivity index (χ0v) is 10.1. The van der Waals surface area contributed by atoms with E-state index in [2.05, 4.69) is 16.4 Å². The van der Waals surface area contributed by atoms with Crippen LogP contribution in [0.5, 0.6) is 0 Å². The Balaban J connectivity index is 0.000000963. The van der Waals surface area contributed by atoms with Gasteiger partial charge in [-0.2, -0.15) is 0 Å². The predicted octanol–water partition coefficient (Wildman–Crippen LogP) is 1.43. The van der Waals surface area contributed by atoms with Crippen LogP contribution in [0, 0.1) is 5.41 Å². The van der Waals surface area contributed by atoms with Gasteiger partial charge in [0, 0.05) is 17.9 Å². The summed E-state index contributed by atoms with van der Waals surface area (Å²) in [6.07, 6.45) is 5.33. The summed E-state index contributed by atoms with van der Waals surface area (Å²) in [5.41, 5.74) is 9.19. The van der Waals surface area contributed by atoms with Crippen molar-refractivity contribution in [2.24, 2.45) is 11.1 Å². The standard InChI is InChI=1S/C12H17N3.ClH/c13-11-9-2-1-5-15-10(9)8-12(11)3-6-14-7-4-12;/h1-2,5,11,14H,3-4,6-8,13H2;1H/t11-;/m1./s1. The molecule has 1 fully saturated rings. The lowest BCUT2D eigenvalue weighted by molar-refractivity contribution is 0.173. The number of nitrogens with one attached hydrogen (secondary N) is 1. The van der Waals surface area contributed by atoms with E-state index in [-0.39, 0.29) is 18.4 Å². The van der Waals surface area contributed by atoms with Gasteiger partial charge in [-0.1, -0.05) is 6.07 Å². The SMILES string of the molecule is Cl.N[C@@H]1c2cccnc2CC12CCNCC2. The molecule has 0 aromatic carbocycles. The van der Waals surface area contributed by atoms with Gasteiger partial charge in [-0.15, -0.1) is 12.4 Å². The van der Waals surface area contributed by atoms with E-state index in [9.17, 15) is 0 Å². The Hall–Kier alpha value is -0.640. The van der Waals surface area contributed by atoms with Crippen LogP contribution in [-0.4, -0.2) is 18.1 Å². The van der Waals surface area contributed by atoms with Crippen molar-refractivity contribution < 1.29 is 0 Å². The maximum Gasteiger partial charge on any atom is 0.0457 e. The molecule has 16 heavy (non-hydrogen) atoms. The van der Waals surface area contributed by atoms with Crippen molar-refractivity contribution in [3.05, 3.63) is 29.6 Å². The lowest BCUT2D eigenvalue weighted by Crippen LogP contribution is -2.42. The van der Waals surface area contributed by atoms with Gasteiger partial charge in [0.25, 0.3) is 0 Å². The fraction of sp³-hybridized carbons (Fsp3) is 0.583. The summed E-state index contributed by atoms with van der Waals surface area (Å²) in [5, 5.41) is 3.41. The molecule has 1 aliphatic carbocycles. The fourth-order valence-electron chi connectivity index (χ4n) is 3.07. The first-order valence-corrected chi connectivity index (χ1v) is 5.72. The second-order valence-corrected chi connectivity index (χ2v) is 4.81. The highest BCUT2D eigenvalue weighted by molar-refractivity contribution is 5.85. The second kappa shape index (κ2) is 4.32. The highest BCUT2D eigenvalue weighted by Crippen LogP contribution is 2.48. The molecule has 2 heterocycles. The number of nitrogens with two attached hydrogens (primary N) is 1. The minimum Gasteiger partial charge on any atom is -0.323 e. The van der Waals surface area contributed by atoms with E-state index in [4.69, 9.17) is 5.73 Å². The molecule has 3 N–H and O–H groups in total. The molecule has 1 saturated heterocycles. The first kappa shape index (κ1) is 11.8. The molecule has 0 amide bonds. The van der Waals surface area contributed by atoms with E-state index < -0.39 is 0 Å². The molecule has 0 unspecified atom stereocenters. The van der Waals surface area contributed by atoms with E-state index in [1.165, 1.54) is 24.1 Å². The first-order chi connectivity index (χ1) is 7.32. The molecular formula is C12H18ClN3. The first-order valence-electron chi connectivity index (χ1n) is 5.72. The van der Waals surface area contributed by atoms with E-state index in [1.807, 2.05) is 12.3 Å².